The molecule has 2 aliphatic heterocycles. The standard InChI is InChI=1S/C11H16N2O5S/c1-11(9(14)15)3-4-13(7-11)10(16)12-8-2-5-19(17,18)6-8/h2,5,8H,3-4,6-7H2,1H3,(H,12,16)(H,14,15). The average Bonchev–Trinajstić information content (AvgIpc) is 2.83. The molecule has 2 aliphatic rings. The van der Waals surface area contributed by atoms with Crippen LogP contribution in [0.15, 0.2) is 11.5 Å². The summed E-state index contributed by atoms with van der Waals surface area (Å²) in [5.41, 5.74) is -0.922. The fraction of sp³-hybridized carbons (Fsp3) is 0.636. The first-order valence-electron chi connectivity index (χ1n) is 5.92. The number of nitrogens with zero attached hydrogens (tertiary/aromatic N) is 1. The number of hydrogen-bond donors (Lipinski definition) is 2. The number of carboxylic acids is 1. The van der Waals surface area contributed by atoms with Crippen molar-refractivity contribution in [2.24, 2.45) is 5.41 Å². The lowest BCUT2D eigenvalue weighted by Gasteiger charge is -2.21. The van der Waals surface area contributed by atoms with Crippen molar-refractivity contribution in [3.63, 3.8) is 0 Å². The Balaban J connectivity index is 1.93. The molecule has 0 radical (unpaired) electrons. The van der Waals surface area contributed by atoms with E-state index in [-0.39, 0.29) is 12.3 Å². The number of carboxylic acid groups (broad SMARTS) is 1. The van der Waals surface area contributed by atoms with Crippen molar-refractivity contribution in [2.45, 2.75) is 19.4 Å². The molecule has 0 aromatic carbocycles. The van der Waals surface area contributed by atoms with Crippen molar-refractivity contribution in [2.75, 3.05) is 18.8 Å². The monoisotopic (exact) mass is 288 g/mol. The maximum atomic E-state index is 11.9. The number of aliphatic carboxylic acids is 1. The molecule has 1 saturated heterocycles. The topological polar surface area (TPSA) is 104 Å². The highest BCUT2D eigenvalue weighted by Gasteiger charge is 2.42. The lowest BCUT2D eigenvalue weighted by Crippen LogP contribution is -2.45. The van der Waals surface area contributed by atoms with Crippen molar-refractivity contribution >= 4 is 21.8 Å². The van der Waals surface area contributed by atoms with E-state index in [0.717, 1.165) is 5.41 Å². The van der Waals surface area contributed by atoms with Crippen LogP contribution >= 0.6 is 0 Å². The summed E-state index contributed by atoms with van der Waals surface area (Å²) in [6, 6.07) is -0.953. The Bertz CT molecular complexity index is 541. The van der Waals surface area contributed by atoms with Crippen LogP contribution in [0.2, 0.25) is 0 Å². The van der Waals surface area contributed by atoms with Gasteiger partial charge in [-0.15, -0.1) is 0 Å². The van der Waals surface area contributed by atoms with Gasteiger partial charge >= 0.3 is 12.0 Å². The van der Waals surface area contributed by atoms with Gasteiger partial charge in [0.15, 0.2) is 9.84 Å². The van der Waals surface area contributed by atoms with Crippen molar-refractivity contribution in [3.8, 4) is 0 Å². The molecule has 0 aromatic rings. The van der Waals surface area contributed by atoms with Crippen LogP contribution in [-0.4, -0.2) is 55.3 Å². The van der Waals surface area contributed by atoms with Crippen LogP contribution in [0, 0.1) is 5.41 Å². The number of rotatable bonds is 2. The molecular weight excluding hydrogens is 272 g/mol. The summed E-state index contributed by atoms with van der Waals surface area (Å²) in [7, 11) is -3.21. The van der Waals surface area contributed by atoms with E-state index in [1.807, 2.05) is 0 Å². The predicted octanol–water partition coefficient (Wildman–Crippen LogP) is -0.197. The Kier molecular flexibility index (Phi) is 3.29. The molecule has 106 valence electrons. The second kappa shape index (κ2) is 4.52. The molecule has 1 fully saturated rings. The highest BCUT2D eigenvalue weighted by molar-refractivity contribution is 7.94. The number of nitrogens with one attached hydrogen (secondary N) is 1. The summed E-state index contributed by atoms with van der Waals surface area (Å²) in [6.07, 6.45) is 1.83. The molecule has 0 spiro atoms. The van der Waals surface area contributed by atoms with Crippen LogP contribution in [0.5, 0.6) is 0 Å². The normalized spacial score (nSPS) is 32.5. The zero-order chi connectivity index (χ0) is 14.3. The van der Waals surface area contributed by atoms with E-state index >= 15 is 0 Å². The van der Waals surface area contributed by atoms with E-state index in [1.54, 1.807) is 6.92 Å². The van der Waals surface area contributed by atoms with Crippen LogP contribution in [0.1, 0.15) is 13.3 Å². The quantitative estimate of drug-likeness (QED) is 0.732. The fourth-order valence-corrected chi connectivity index (χ4v) is 3.46. The van der Waals surface area contributed by atoms with E-state index < -0.39 is 33.3 Å². The second-order valence-electron chi connectivity index (χ2n) is 5.25. The SMILES string of the molecule is CC1(C(=O)O)CCN(C(=O)NC2C=CS(=O)(=O)C2)C1. The molecule has 8 heteroatoms. The molecule has 2 amide bonds. The second-order valence-corrected chi connectivity index (χ2v) is 7.18. The maximum Gasteiger partial charge on any atom is 0.317 e. The number of amides is 2. The fourth-order valence-electron chi connectivity index (χ4n) is 2.22. The first kappa shape index (κ1) is 13.9. The van der Waals surface area contributed by atoms with Crippen LogP contribution < -0.4 is 5.32 Å². The number of sulfone groups is 1. The number of hydrogen-bond acceptors (Lipinski definition) is 4. The van der Waals surface area contributed by atoms with Gasteiger partial charge in [-0.05, 0) is 19.4 Å². The molecule has 7 nitrogen and oxygen atoms in total. The third kappa shape index (κ3) is 2.89. The molecule has 0 aromatic heterocycles. The zero-order valence-electron chi connectivity index (χ0n) is 10.5. The molecule has 0 aliphatic carbocycles. The number of urea groups is 1. The highest BCUT2D eigenvalue weighted by atomic mass is 32.2. The molecule has 0 bridgehead atoms. The largest absolute Gasteiger partial charge is 0.481 e. The van der Waals surface area contributed by atoms with Crippen LogP contribution in [0.25, 0.3) is 0 Å². The lowest BCUT2D eigenvalue weighted by molar-refractivity contribution is -0.146. The van der Waals surface area contributed by atoms with E-state index in [9.17, 15) is 18.0 Å². The highest BCUT2D eigenvalue weighted by Crippen LogP contribution is 2.30. The summed E-state index contributed by atoms with van der Waals surface area (Å²) in [5.74, 6) is -1.06. The molecule has 19 heavy (non-hydrogen) atoms. The van der Waals surface area contributed by atoms with Gasteiger partial charge in [0.2, 0.25) is 0 Å². The zero-order valence-corrected chi connectivity index (χ0v) is 11.3. The number of carbonyl (C=O) groups excluding carboxylic acids is 1. The summed E-state index contributed by atoms with van der Waals surface area (Å²) in [6.45, 7) is 2.09. The van der Waals surface area contributed by atoms with Gasteiger partial charge in [0.1, 0.15) is 0 Å². The number of carbonyl (C=O) groups is 2. The summed E-state index contributed by atoms with van der Waals surface area (Å²) in [5, 5.41) is 12.7. The van der Waals surface area contributed by atoms with Gasteiger partial charge in [0.05, 0.1) is 17.2 Å². The minimum Gasteiger partial charge on any atom is -0.481 e. The third-order valence-corrected chi connectivity index (χ3v) is 4.91. The molecular formula is C11H16N2O5S. The van der Waals surface area contributed by atoms with Gasteiger partial charge in [0, 0.05) is 18.5 Å². The van der Waals surface area contributed by atoms with E-state index in [2.05, 4.69) is 5.32 Å². The van der Waals surface area contributed by atoms with Crippen molar-refractivity contribution in [1.82, 2.24) is 10.2 Å². The Morgan fingerprint density at radius 1 is 1.47 bits per heavy atom. The van der Waals surface area contributed by atoms with Gasteiger partial charge < -0.3 is 15.3 Å². The average molecular weight is 288 g/mol. The predicted molar refractivity (Wildman–Crippen MR) is 67.2 cm³/mol. The van der Waals surface area contributed by atoms with Gasteiger partial charge in [-0.1, -0.05) is 0 Å². The Morgan fingerprint density at radius 3 is 2.63 bits per heavy atom. The third-order valence-electron chi connectivity index (χ3n) is 3.52. The minimum absolute atomic E-state index is 0.136. The summed E-state index contributed by atoms with van der Waals surface area (Å²) in [4.78, 5) is 24.4. The Labute approximate surface area is 111 Å². The van der Waals surface area contributed by atoms with Crippen LogP contribution in [0.3, 0.4) is 0 Å². The molecule has 2 unspecified atom stereocenters. The lowest BCUT2D eigenvalue weighted by atomic mass is 9.90. The van der Waals surface area contributed by atoms with Crippen LogP contribution in [0.4, 0.5) is 4.79 Å². The van der Waals surface area contributed by atoms with Gasteiger partial charge in [0.25, 0.3) is 0 Å². The molecule has 2 atom stereocenters. The van der Waals surface area contributed by atoms with Crippen molar-refractivity contribution in [3.05, 3.63) is 11.5 Å². The molecule has 0 saturated carbocycles. The van der Waals surface area contributed by atoms with Crippen molar-refractivity contribution < 1.29 is 23.1 Å². The van der Waals surface area contributed by atoms with E-state index in [4.69, 9.17) is 5.11 Å². The Hall–Kier alpha value is -1.57. The molecule has 2 heterocycles. The molecule has 2 rings (SSSR count). The van der Waals surface area contributed by atoms with Gasteiger partial charge in [-0.3, -0.25) is 4.79 Å². The van der Waals surface area contributed by atoms with E-state index in [1.165, 1.54) is 11.0 Å². The first-order chi connectivity index (χ1) is 8.72. The molecule has 2 N–H and O–H groups in total. The van der Waals surface area contributed by atoms with E-state index in [0.29, 0.717) is 13.0 Å². The first-order valence-corrected chi connectivity index (χ1v) is 7.63. The Morgan fingerprint density at radius 2 is 2.16 bits per heavy atom. The summed E-state index contributed by atoms with van der Waals surface area (Å²) < 4.78 is 22.4. The minimum atomic E-state index is -3.21. The van der Waals surface area contributed by atoms with Gasteiger partial charge in [-0.25, -0.2) is 13.2 Å². The maximum absolute atomic E-state index is 11.9. The van der Waals surface area contributed by atoms with Gasteiger partial charge in [-0.2, -0.15) is 0 Å². The van der Waals surface area contributed by atoms with Crippen LogP contribution in [-0.2, 0) is 14.6 Å². The number of likely N-dealkylation sites (tertiary alicyclic amines) is 1. The van der Waals surface area contributed by atoms with Crippen molar-refractivity contribution in [1.29, 1.82) is 0 Å². The smallest absolute Gasteiger partial charge is 0.317 e. The summed E-state index contributed by atoms with van der Waals surface area (Å²) >= 11 is 0.